The fourth-order valence-electron chi connectivity index (χ4n) is 1.56. The largest absolute Gasteiger partial charge is 0.337 e. The van der Waals surface area contributed by atoms with Crippen molar-refractivity contribution in [2.45, 2.75) is 6.42 Å². The van der Waals surface area contributed by atoms with Gasteiger partial charge < -0.3 is 15.5 Å². The minimum Gasteiger partial charge on any atom is -0.337 e. The number of carbonyl (C=O) groups excluding carboxylic acids is 1. The predicted octanol–water partition coefficient (Wildman–Crippen LogP) is 0.998. The van der Waals surface area contributed by atoms with Crippen LogP contribution in [-0.4, -0.2) is 49.6 Å². The highest BCUT2D eigenvalue weighted by atomic mass is 16.6. The highest BCUT2D eigenvalue weighted by Gasteiger charge is 2.03. The number of non-ortho nitro benzene ring substituents is 1. The second-order valence-corrected chi connectivity index (χ2v) is 4.55. The Balaban J connectivity index is 2.15. The van der Waals surface area contributed by atoms with E-state index >= 15 is 0 Å². The molecular weight excluding hydrogens is 260 g/mol. The third-order valence-electron chi connectivity index (χ3n) is 2.72. The number of hydrogen-bond donors (Lipinski definition) is 2. The van der Waals surface area contributed by atoms with Crippen molar-refractivity contribution in [2.24, 2.45) is 0 Å². The van der Waals surface area contributed by atoms with Crippen molar-refractivity contribution >= 4 is 11.7 Å². The molecule has 7 nitrogen and oxygen atoms in total. The summed E-state index contributed by atoms with van der Waals surface area (Å²) in [5.41, 5.74) is 1.15. The number of benzene rings is 1. The molecule has 0 atom stereocenters. The van der Waals surface area contributed by atoms with Crippen LogP contribution in [0, 0.1) is 10.1 Å². The zero-order valence-corrected chi connectivity index (χ0v) is 11.8. The van der Waals surface area contributed by atoms with Gasteiger partial charge >= 0.3 is 6.03 Å². The highest BCUT2D eigenvalue weighted by Crippen LogP contribution is 2.11. The Kier molecular flexibility index (Phi) is 6.45. The fraction of sp³-hybridized carbons (Fsp3) is 0.462. The third kappa shape index (κ3) is 5.66. The molecule has 1 rings (SSSR count). The molecule has 0 aliphatic rings. The van der Waals surface area contributed by atoms with Gasteiger partial charge in [0, 0.05) is 39.3 Å². The molecule has 1 aromatic carbocycles. The van der Waals surface area contributed by atoms with Gasteiger partial charge in [0.25, 0.3) is 5.69 Å². The number of hydrogen-bond acceptors (Lipinski definition) is 4. The van der Waals surface area contributed by atoms with Gasteiger partial charge in [0.05, 0.1) is 4.92 Å². The number of carbonyl (C=O) groups is 1. The standard InChI is InChI=1S/C13H20N4O3/c1-16(2)13(18)15-10-9-14-8-7-11-3-5-12(6-4-11)17(19)20/h3-6,14H,7-10H2,1-2H3,(H,15,18). The lowest BCUT2D eigenvalue weighted by Gasteiger charge is -2.12. The minimum absolute atomic E-state index is 0.105. The van der Waals surface area contributed by atoms with Crippen LogP contribution >= 0.6 is 0 Å². The molecule has 0 aliphatic carbocycles. The van der Waals surface area contributed by atoms with Crippen LogP contribution < -0.4 is 10.6 Å². The quantitative estimate of drug-likeness (QED) is 0.443. The molecule has 0 fully saturated rings. The van der Waals surface area contributed by atoms with E-state index in [0.29, 0.717) is 13.1 Å². The van der Waals surface area contributed by atoms with Crippen LogP contribution in [0.1, 0.15) is 5.56 Å². The van der Waals surface area contributed by atoms with Gasteiger partial charge in [-0.25, -0.2) is 4.79 Å². The molecular formula is C13H20N4O3. The van der Waals surface area contributed by atoms with Crippen molar-refractivity contribution < 1.29 is 9.72 Å². The molecule has 0 heterocycles. The molecule has 0 aliphatic heterocycles. The van der Waals surface area contributed by atoms with E-state index in [4.69, 9.17) is 0 Å². The Labute approximate surface area is 118 Å². The second-order valence-electron chi connectivity index (χ2n) is 4.55. The third-order valence-corrected chi connectivity index (χ3v) is 2.72. The van der Waals surface area contributed by atoms with E-state index in [-0.39, 0.29) is 11.7 Å². The lowest BCUT2D eigenvalue weighted by molar-refractivity contribution is -0.384. The number of urea groups is 1. The normalized spacial score (nSPS) is 10.1. The SMILES string of the molecule is CN(C)C(=O)NCCNCCc1ccc([N+](=O)[O-])cc1. The van der Waals surface area contributed by atoms with Crippen molar-refractivity contribution in [3.05, 3.63) is 39.9 Å². The first-order valence-corrected chi connectivity index (χ1v) is 6.40. The van der Waals surface area contributed by atoms with Crippen LogP contribution in [0.5, 0.6) is 0 Å². The first-order chi connectivity index (χ1) is 9.50. The summed E-state index contributed by atoms with van der Waals surface area (Å²) in [5, 5.41) is 16.5. The Hall–Kier alpha value is -2.15. The number of nitro benzene ring substituents is 1. The van der Waals surface area contributed by atoms with Crippen LogP contribution in [0.2, 0.25) is 0 Å². The van der Waals surface area contributed by atoms with Crippen molar-refractivity contribution in [2.75, 3.05) is 33.7 Å². The summed E-state index contributed by atoms with van der Waals surface area (Å²) in [5.74, 6) is 0. The molecule has 0 bridgehead atoms. The molecule has 0 aromatic heterocycles. The Morgan fingerprint density at radius 2 is 1.85 bits per heavy atom. The highest BCUT2D eigenvalue weighted by molar-refractivity contribution is 5.73. The Bertz CT molecular complexity index is 445. The van der Waals surface area contributed by atoms with Gasteiger partial charge in [-0.1, -0.05) is 12.1 Å². The number of rotatable bonds is 7. The molecule has 110 valence electrons. The number of nitro groups is 1. The maximum atomic E-state index is 11.2. The van der Waals surface area contributed by atoms with Gasteiger partial charge in [-0.05, 0) is 18.5 Å². The van der Waals surface area contributed by atoms with E-state index in [0.717, 1.165) is 18.5 Å². The predicted molar refractivity (Wildman–Crippen MR) is 76.8 cm³/mol. The molecule has 2 amide bonds. The lowest BCUT2D eigenvalue weighted by Crippen LogP contribution is -2.38. The van der Waals surface area contributed by atoms with Gasteiger partial charge in [0.15, 0.2) is 0 Å². The summed E-state index contributed by atoms with van der Waals surface area (Å²) >= 11 is 0. The smallest absolute Gasteiger partial charge is 0.316 e. The van der Waals surface area contributed by atoms with Crippen LogP contribution in [0.15, 0.2) is 24.3 Å². The molecule has 2 N–H and O–H groups in total. The van der Waals surface area contributed by atoms with Crippen molar-refractivity contribution in [1.82, 2.24) is 15.5 Å². The first-order valence-electron chi connectivity index (χ1n) is 6.40. The van der Waals surface area contributed by atoms with Gasteiger partial charge in [-0.2, -0.15) is 0 Å². The Morgan fingerprint density at radius 1 is 1.20 bits per heavy atom. The minimum atomic E-state index is -0.407. The summed E-state index contributed by atoms with van der Waals surface area (Å²) in [4.78, 5) is 22.8. The molecule has 1 aromatic rings. The summed E-state index contributed by atoms with van der Waals surface area (Å²) in [6.45, 7) is 2.01. The van der Waals surface area contributed by atoms with Crippen molar-refractivity contribution in [3.8, 4) is 0 Å². The Morgan fingerprint density at radius 3 is 2.40 bits per heavy atom. The topological polar surface area (TPSA) is 87.5 Å². The second kappa shape index (κ2) is 8.11. The number of nitrogens with zero attached hydrogens (tertiary/aromatic N) is 2. The molecule has 0 spiro atoms. The zero-order valence-electron chi connectivity index (χ0n) is 11.8. The van der Waals surface area contributed by atoms with E-state index in [1.54, 1.807) is 26.2 Å². The number of amides is 2. The summed E-state index contributed by atoms with van der Waals surface area (Å²) in [7, 11) is 3.38. The molecule has 20 heavy (non-hydrogen) atoms. The monoisotopic (exact) mass is 280 g/mol. The average molecular weight is 280 g/mol. The molecule has 0 radical (unpaired) electrons. The van der Waals surface area contributed by atoms with Gasteiger partial charge in [-0.15, -0.1) is 0 Å². The molecule has 0 unspecified atom stereocenters. The first kappa shape index (κ1) is 15.9. The van der Waals surface area contributed by atoms with Crippen molar-refractivity contribution in [1.29, 1.82) is 0 Å². The van der Waals surface area contributed by atoms with Crippen LogP contribution in [0.25, 0.3) is 0 Å². The zero-order chi connectivity index (χ0) is 15.0. The summed E-state index contributed by atoms with van der Waals surface area (Å²) < 4.78 is 0. The van der Waals surface area contributed by atoms with E-state index in [9.17, 15) is 14.9 Å². The molecule has 0 saturated heterocycles. The fourth-order valence-corrected chi connectivity index (χ4v) is 1.56. The van der Waals surface area contributed by atoms with Crippen LogP contribution in [-0.2, 0) is 6.42 Å². The average Bonchev–Trinajstić information content (AvgIpc) is 2.42. The van der Waals surface area contributed by atoms with E-state index in [1.807, 2.05) is 0 Å². The molecule has 7 heteroatoms. The molecule has 0 saturated carbocycles. The van der Waals surface area contributed by atoms with E-state index in [2.05, 4.69) is 10.6 Å². The van der Waals surface area contributed by atoms with Crippen LogP contribution in [0.3, 0.4) is 0 Å². The van der Waals surface area contributed by atoms with Crippen LogP contribution in [0.4, 0.5) is 10.5 Å². The maximum absolute atomic E-state index is 11.2. The maximum Gasteiger partial charge on any atom is 0.316 e. The van der Waals surface area contributed by atoms with Gasteiger partial charge in [-0.3, -0.25) is 10.1 Å². The van der Waals surface area contributed by atoms with Gasteiger partial charge in [0.2, 0.25) is 0 Å². The summed E-state index contributed by atoms with van der Waals surface area (Å²) in [6, 6.07) is 6.42. The van der Waals surface area contributed by atoms with Gasteiger partial charge in [0.1, 0.15) is 0 Å². The lowest BCUT2D eigenvalue weighted by atomic mass is 10.1. The van der Waals surface area contributed by atoms with E-state index in [1.165, 1.54) is 17.0 Å². The van der Waals surface area contributed by atoms with Crippen molar-refractivity contribution in [3.63, 3.8) is 0 Å². The number of nitrogens with one attached hydrogen (secondary N) is 2. The van der Waals surface area contributed by atoms with E-state index < -0.39 is 4.92 Å². The summed E-state index contributed by atoms with van der Waals surface area (Å²) in [6.07, 6.45) is 0.791.